The van der Waals surface area contributed by atoms with Crippen LogP contribution in [0.5, 0.6) is 0 Å². The van der Waals surface area contributed by atoms with Crippen molar-refractivity contribution in [2.75, 3.05) is 32.7 Å². The fourth-order valence-electron chi connectivity index (χ4n) is 2.94. The number of aryl methyl sites for hydroxylation is 2. The Bertz CT molecular complexity index is 546. The molecule has 26 heavy (non-hydrogen) atoms. The van der Waals surface area contributed by atoms with Gasteiger partial charge < -0.3 is 10.6 Å². The third-order valence-electron chi connectivity index (χ3n) is 4.53. The van der Waals surface area contributed by atoms with Crippen molar-refractivity contribution in [2.45, 2.75) is 38.4 Å². The number of alkyl halides is 3. The molecule has 1 heterocycles. The molecule has 0 aromatic heterocycles. The zero-order valence-corrected chi connectivity index (χ0v) is 15.8. The number of halogens is 4. The fraction of sp³-hybridized carbons (Fsp3) is 0.611. The second-order valence-corrected chi connectivity index (χ2v) is 6.32. The first-order valence-corrected chi connectivity index (χ1v) is 8.76. The molecular weight excluding hydrogens is 367 g/mol. The maximum absolute atomic E-state index is 13.3. The highest BCUT2D eigenvalue weighted by Gasteiger charge is 2.43. The van der Waals surface area contributed by atoms with E-state index in [0.29, 0.717) is 32.6 Å². The Kier molecular flexibility index (Phi) is 9.39. The van der Waals surface area contributed by atoms with E-state index in [1.165, 1.54) is 10.5 Å². The molecule has 8 heteroatoms. The number of nitrogens with zero attached hydrogens (tertiary/aromatic N) is 1. The van der Waals surface area contributed by atoms with Crippen LogP contribution in [-0.4, -0.2) is 55.7 Å². The summed E-state index contributed by atoms with van der Waals surface area (Å²) in [6.45, 7) is 3.42. The van der Waals surface area contributed by atoms with Gasteiger partial charge in [0, 0.05) is 39.1 Å². The van der Waals surface area contributed by atoms with Gasteiger partial charge in [-0.15, -0.1) is 12.4 Å². The van der Waals surface area contributed by atoms with Crippen LogP contribution < -0.4 is 10.6 Å². The molecule has 1 amide bonds. The second kappa shape index (κ2) is 10.7. The zero-order chi connectivity index (χ0) is 18.3. The molecule has 1 saturated heterocycles. The van der Waals surface area contributed by atoms with E-state index in [9.17, 15) is 18.0 Å². The second-order valence-electron chi connectivity index (χ2n) is 6.32. The van der Waals surface area contributed by atoms with Crippen LogP contribution in [0.15, 0.2) is 24.3 Å². The molecular formula is C18H27ClF3N3O. The van der Waals surface area contributed by atoms with Crippen molar-refractivity contribution in [1.29, 1.82) is 0 Å². The van der Waals surface area contributed by atoms with Gasteiger partial charge in [-0.05, 0) is 24.0 Å². The van der Waals surface area contributed by atoms with Crippen molar-refractivity contribution in [3.8, 4) is 0 Å². The minimum Gasteiger partial charge on any atom is -0.354 e. The van der Waals surface area contributed by atoms with Crippen molar-refractivity contribution >= 4 is 18.3 Å². The summed E-state index contributed by atoms with van der Waals surface area (Å²) in [5.74, 6) is -0.344. The average molecular weight is 394 g/mol. The lowest BCUT2D eigenvalue weighted by atomic mass is 10.1. The summed E-state index contributed by atoms with van der Waals surface area (Å²) in [6, 6.07) is 6.33. The Morgan fingerprint density at radius 2 is 1.77 bits per heavy atom. The zero-order valence-electron chi connectivity index (χ0n) is 14.9. The van der Waals surface area contributed by atoms with Crippen LogP contribution >= 0.6 is 12.4 Å². The molecule has 1 atom stereocenters. The van der Waals surface area contributed by atoms with Gasteiger partial charge in [-0.25, -0.2) is 0 Å². The third kappa shape index (κ3) is 7.13. The van der Waals surface area contributed by atoms with Crippen LogP contribution in [0.3, 0.4) is 0 Å². The summed E-state index contributed by atoms with van der Waals surface area (Å²) >= 11 is 0. The standard InChI is InChI=1S/C18H26F3N3O.ClH/c1-2-14-3-5-15(6-4-14)7-8-17(25)23-13-16(18(19,20)21)24-11-9-22-10-12-24;/h3-6,16,22H,2,7-13H2,1H3,(H,23,25);1H. The molecule has 2 N–H and O–H groups in total. The minimum absolute atomic E-state index is 0. The third-order valence-corrected chi connectivity index (χ3v) is 4.53. The van der Waals surface area contributed by atoms with Gasteiger partial charge in [-0.3, -0.25) is 9.69 Å². The smallest absolute Gasteiger partial charge is 0.354 e. The lowest BCUT2D eigenvalue weighted by Gasteiger charge is -2.35. The summed E-state index contributed by atoms with van der Waals surface area (Å²) in [5, 5.41) is 5.49. The number of hydrogen-bond donors (Lipinski definition) is 2. The van der Waals surface area contributed by atoms with Crippen molar-refractivity contribution in [2.24, 2.45) is 0 Å². The Morgan fingerprint density at radius 3 is 2.31 bits per heavy atom. The van der Waals surface area contributed by atoms with Crippen LogP contribution in [-0.2, 0) is 17.6 Å². The van der Waals surface area contributed by atoms with E-state index < -0.39 is 18.8 Å². The van der Waals surface area contributed by atoms with Crippen LogP contribution in [0, 0.1) is 0 Å². The maximum atomic E-state index is 13.3. The number of amides is 1. The Morgan fingerprint density at radius 1 is 1.19 bits per heavy atom. The highest BCUT2D eigenvalue weighted by Crippen LogP contribution is 2.24. The highest BCUT2D eigenvalue weighted by molar-refractivity contribution is 5.85. The first-order valence-electron chi connectivity index (χ1n) is 8.76. The molecule has 0 bridgehead atoms. The quantitative estimate of drug-likeness (QED) is 0.748. The van der Waals surface area contributed by atoms with Gasteiger partial charge in [0.05, 0.1) is 0 Å². The van der Waals surface area contributed by atoms with Gasteiger partial charge in [0.25, 0.3) is 0 Å². The van der Waals surface area contributed by atoms with E-state index >= 15 is 0 Å². The molecule has 1 aromatic carbocycles. The summed E-state index contributed by atoms with van der Waals surface area (Å²) < 4.78 is 39.8. The summed E-state index contributed by atoms with van der Waals surface area (Å²) in [5.41, 5.74) is 2.24. The minimum atomic E-state index is -4.35. The lowest BCUT2D eigenvalue weighted by Crippen LogP contribution is -2.57. The van der Waals surface area contributed by atoms with E-state index in [0.717, 1.165) is 12.0 Å². The molecule has 1 aromatic rings. The Hall–Kier alpha value is -1.31. The highest BCUT2D eigenvalue weighted by atomic mass is 35.5. The topological polar surface area (TPSA) is 44.4 Å². The lowest BCUT2D eigenvalue weighted by molar-refractivity contribution is -0.184. The Labute approximate surface area is 158 Å². The summed E-state index contributed by atoms with van der Waals surface area (Å²) in [7, 11) is 0. The van der Waals surface area contributed by atoms with Gasteiger partial charge in [0.15, 0.2) is 0 Å². The first kappa shape index (κ1) is 22.7. The molecule has 0 radical (unpaired) electrons. The van der Waals surface area contributed by atoms with E-state index in [2.05, 4.69) is 17.6 Å². The van der Waals surface area contributed by atoms with Gasteiger partial charge in [-0.1, -0.05) is 31.2 Å². The number of benzene rings is 1. The van der Waals surface area contributed by atoms with Crippen molar-refractivity contribution < 1.29 is 18.0 Å². The molecule has 1 aliphatic heterocycles. The van der Waals surface area contributed by atoms with Crippen LogP contribution in [0.25, 0.3) is 0 Å². The van der Waals surface area contributed by atoms with Gasteiger partial charge in [0.1, 0.15) is 6.04 Å². The van der Waals surface area contributed by atoms with Crippen LogP contribution in [0.2, 0.25) is 0 Å². The summed E-state index contributed by atoms with van der Waals surface area (Å²) in [6.07, 6.45) is -2.68. The molecule has 0 saturated carbocycles. The predicted octanol–water partition coefficient (Wildman–Crippen LogP) is 2.56. The number of carbonyl (C=O) groups excluding carboxylic acids is 1. The first-order chi connectivity index (χ1) is 11.9. The van der Waals surface area contributed by atoms with E-state index in [-0.39, 0.29) is 24.7 Å². The number of carbonyl (C=O) groups is 1. The van der Waals surface area contributed by atoms with Crippen molar-refractivity contribution in [3.05, 3.63) is 35.4 Å². The van der Waals surface area contributed by atoms with E-state index in [4.69, 9.17) is 0 Å². The molecule has 1 unspecified atom stereocenters. The van der Waals surface area contributed by atoms with Gasteiger partial charge in [0.2, 0.25) is 5.91 Å². The number of nitrogens with one attached hydrogen (secondary N) is 2. The molecule has 1 aliphatic rings. The number of rotatable bonds is 7. The van der Waals surface area contributed by atoms with Crippen LogP contribution in [0.1, 0.15) is 24.5 Å². The fourth-order valence-corrected chi connectivity index (χ4v) is 2.94. The van der Waals surface area contributed by atoms with Crippen molar-refractivity contribution in [1.82, 2.24) is 15.5 Å². The molecule has 1 fully saturated rings. The van der Waals surface area contributed by atoms with Crippen molar-refractivity contribution in [3.63, 3.8) is 0 Å². The largest absolute Gasteiger partial charge is 0.405 e. The maximum Gasteiger partial charge on any atom is 0.405 e. The molecule has 0 aliphatic carbocycles. The predicted molar refractivity (Wildman–Crippen MR) is 98.7 cm³/mol. The average Bonchev–Trinajstić information content (AvgIpc) is 2.60. The monoisotopic (exact) mass is 393 g/mol. The van der Waals surface area contributed by atoms with Gasteiger partial charge in [-0.2, -0.15) is 13.2 Å². The Balaban J connectivity index is 0.00000338. The summed E-state index contributed by atoms with van der Waals surface area (Å²) in [4.78, 5) is 13.3. The molecule has 2 rings (SSSR count). The van der Waals surface area contributed by atoms with Gasteiger partial charge >= 0.3 is 6.18 Å². The number of piperazine rings is 1. The van der Waals surface area contributed by atoms with Crippen LogP contribution in [0.4, 0.5) is 13.2 Å². The normalized spacial score (nSPS) is 16.6. The molecule has 148 valence electrons. The van der Waals surface area contributed by atoms with E-state index in [1.807, 2.05) is 24.3 Å². The molecule has 0 spiro atoms. The number of hydrogen-bond acceptors (Lipinski definition) is 3. The molecule has 4 nitrogen and oxygen atoms in total. The van der Waals surface area contributed by atoms with E-state index in [1.54, 1.807) is 0 Å². The SMILES string of the molecule is CCc1ccc(CCC(=O)NCC(N2CCNCC2)C(F)(F)F)cc1.Cl.